The van der Waals surface area contributed by atoms with Crippen LogP contribution >= 0.6 is 22.9 Å². The predicted octanol–water partition coefficient (Wildman–Crippen LogP) is 4.30. The normalized spacial score (nSPS) is 17.0. The van der Waals surface area contributed by atoms with Crippen LogP contribution in [-0.4, -0.2) is 33.6 Å². The maximum Gasteiger partial charge on any atom is 0.265 e. The molecule has 0 spiro atoms. The number of amides is 1. The van der Waals surface area contributed by atoms with Crippen LogP contribution in [0.3, 0.4) is 0 Å². The van der Waals surface area contributed by atoms with Crippen molar-refractivity contribution >= 4 is 38.9 Å². The maximum absolute atomic E-state index is 13.1. The molecular weight excluding hydrogens is 342 g/mol. The Hall–Kier alpha value is -1.85. The molecule has 1 aromatic carbocycles. The number of nitrogens with zero attached hydrogens (tertiary/aromatic N) is 2. The summed E-state index contributed by atoms with van der Waals surface area (Å²) >= 11 is 7.99. The third-order valence-electron chi connectivity index (χ3n) is 4.76. The van der Waals surface area contributed by atoms with Crippen LogP contribution in [0, 0.1) is 0 Å². The molecule has 0 radical (unpaired) electrons. The number of hydrogen-bond donors (Lipinski definition) is 1. The van der Waals surface area contributed by atoms with Crippen LogP contribution in [-0.2, 0) is 12.8 Å². The zero-order valence-corrected chi connectivity index (χ0v) is 15.0. The number of halogens is 1. The Labute approximate surface area is 149 Å². The smallest absolute Gasteiger partial charge is 0.265 e. The van der Waals surface area contributed by atoms with Crippen LogP contribution in [0.25, 0.3) is 10.1 Å². The number of aromatic amines is 1. The second kappa shape index (κ2) is 6.22. The zero-order chi connectivity index (χ0) is 16.7. The minimum Gasteiger partial charge on any atom is -0.335 e. The highest BCUT2D eigenvalue weighted by molar-refractivity contribution is 7.21. The third-order valence-corrected chi connectivity index (χ3v) is 6.43. The molecule has 6 heteroatoms. The van der Waals surface area contributed by atoms with Gasteiger partial charge in [0.1, 0.15) is 4.88 Å². The van der Waals surface area contributed by atoms with Gasteiger partial charge in [0.15, 0.2) is 0 Å². The number of aromatic nitrogens is 2. The van der Waals surface area contributed by atoms with Gasteiger partial charge in [-0.3, -0.25) is 9.89 Å². The average molecular weight is 360 g/mol. The summed E-state index contributed by atoms with van der Waals surface area (Å²) in [6.45, 7) is 2.71. The lowest BCUT2D eigenvalue weighted by Crippen LogP contribution is -2.43. The van der Waals surface area contributed by atoms with Gasteiger partial charge in [0.25, 0.3) is 5.91 Å². The molecule has 1 amide bonds. The second-order valence-corrected chi connectivity index (χ2v) is 7.53. The van der Waals surface area contributed by atoms with Crippen molar-refractivity contribution in [3.05, 3.63) is 51.6 Å². The van der Waals surface area contributed by atoms with E-state index in [1.807, 2.05) is 42.3 Å². The number of carbonyl (C=O) groups is 1. The van der Waals surface area contributed by atoms with E-state index in [4.69, 9.17) is 11.6 Å². The molecule has 0 saturated carbocycles. The fourth-order valence-corrected chi connectivity index (χ4v) is 4.98. The van der Waals surface area contributed by atoms with Crippen molar-refractivity contribution in [2.24, 2.45) is 0 Å². The van der Waals surface area contributed by atoms with E-state index in [0.29, 0.717) is 16.4 Å². The van der Waals surface area contributed by atoms with Crippen molar-refractivity contribution in [1.82, 2.24) is 15.1 Å². The molecule has 24 heavy (non-hydrogen) atoms. The lowest BCUT2D eigenvalue weighted by molar-refractivity contribution is 0.0679. The van der Waals surface area contributed by atoms with Crippen LogP contribution in [0.15, 0.2) is 30.5 Å². The lowest BCUT2D eigenvalue weighted by Gasteiger charge is -2.33. The molecule has 0 aliphatic heterocycles. The zero-order valence-electron chi connectivity index (χ0n) is 13.4. The summed E-state index contributed by atoms with van der Waals surface area (Å²) in [7, 11) is 0. The molecule has 1 aliphatic carbocycles. The monoisotopic (exact) mass is 359 g/mol. The summed E-state index contributed by atoms with van der Waals surface area (Å²) in [5, 5.41) is 8.72. The van der Waals surface area contributed by atoms with Gasteiger partial charge in [-0.05, 0) is 37.8 Å². The van der Waals surface area contributed by atoms with Crippen molar-refractivity contribution in [2.75, 3.05) is 6.54 Å². The van der Waals surface area contributed by atoms with Gasteiger partial charge in [-0.2, -0.15) is 5.10 Å². The first-order valence-corrected chi connectivity index (χ1v) is 9.37. The topological polar surface area (TPSA) is 49.0 Å². The van der Waals surface area contributed by atoms with E-state index in [9.17, 15) is 4.79 Å². The quantitative estimate of drug-likeness (QED) is 0.758. The van der Waals surface area contributed by atoms with E-state index in [1.54, 1.807) is 0 Å². The number of aryl methyl sites for hydroxylation is 1. The van der Waals surface area contributed by atoms with Crippen molar-refractivity contribution < 1.29 is 4.79 Å². The lowest BCUT2D eigenvalue weighted by atomic mass is 9.92. The number of fused-ring (bicyclic) bond motifs is 2. The minimum absolute atomic E-state index is 0.0423. The van der Waals surface area contributed by atoms with Crippen LogP contribution in [0.1, 0.15) is 34.3 Å². The fraction of sp³-hybridized carbons (Fsp3) is 0.333. The molecule has 0 fully saturated rings. The molecule has 4 rings (SSSR count). The summed E-state index contributed by atoms with van der Waals surface area (Å²) in [5.41, 5.74) is 2.43. The first-order chi connectivity index (χ1) is 11.7. The molecule has 4 nitrogen and oxygen atoms in total. The van der Waals surface area contributed by atoms with E-state index < -0.39 is 0 Å². The molecule has 1 N–H and O–H groups in total. The van der Waals surface area contributed by atoms with Crippen molar-refractivity contribution in [3.63, 3.8) is 0 Å². The predicted molar refractivity (Wildman–Crippen MR) is 97.9 cm³/mol. The van der Waals surface area contributed by atoms with Crippen molar-refractivity contribution in [1.29, 1.82) is 0 Å². The molecule has 1 unspecified atom stereocenters. The number of carbonyl (C=O) groups excluding carboxylic acids is 1. The number of likely N-dealkylation sites (N-methyl/N-ethyl adjacent to an activating group) is 1. The van der Waals surface area contributed by atoms with Crippen molar-refractivity contribution in [2.45, 2.75) is 32.2 Å². The van der Waals surface area contributed by atoms with E-state index in [-0.39, 0.29) is 11.9 Å². The summed E-state index contributed by atoms with van der Waals surface area (Å²) in [5.74, 6) is 0.0423. The molecule has 0 saturated heterocycles. The highest BCUT2D eigenvalue weighted by Crippen LogP contribution is 2.36. The molecule has 124 valence electrons. The molecule has 1 atom stereocenters. The molecular formula is C18H18ClN3OS. The number of nitrogens with one attached hydrogen (secondary N) is 1. The molecule has 3 aromatic rings. The first-order valence-electron chi connectivity index (χ1n) is 8.18. The Balaban J connectivity index is 1.65. The van der Waals surface area contributed by atoms with Crippen LogP contribution in [0.4, 0.5) is 0 Å². The van der Waals surface area contributed by atoms with Crippen LogP contribution in [0.2, 0.25) is 5.02 Å². The highest BCUT2D eigenvalue weighted by atomic mass is 35.5. The molecule has 1 aliphatic rings. The van der Waals surface area contributed by atoms with E-state index in [2.05, 4.69) is 10.2 Å². The van der Waals surface area contributed by atoms with Crippen LogP contribution < -0.4 is 0 Å². The summed E-state index contributed by atoms with van der Waals surface area (Å²) in [6, 6.07) is 8.11. The fourth-order valence-electron chi connectivity index (χ4n) is 3.51. The van der Waals surface area contributed by atoms with E-state index >= 15 is 0 Å². The Morgan fingerprint density at radius 1 is 1.46 bits per heavy atom. The van der Waals surface area contributed by atoms with Gasteiger partial charge in [0.2, 0.25) is 0 Å². The highest BCUT2D eigenvalue weighted by Gasteiger charge is 2.30. The Kier molecular flexibility index (Phi) is 4.06. The standard InChI is InChI=1S/C18H18ClN3OS/c1-2-22(12-7-8-14-11(9-12)10-20-21-14)18(23)17-16(19)13-5-3-4-6-15(13)24-17/h3-6,10,12H,2,7-9H2,1H3,(H,20,21). The van der Waals surface area contributed by atoms with Gasteiger partial charge in [0.05, 0.1) is 11.2 Å². The summed E-state index contributed by atoms with van der Waals surface area (Å²) < 4.78 is 1.06. The Morgan fingerprint density at radius 3 is 3.08 bits per heavy atom. The third kappa shape index (κ3) is 2.52. The second-order valence-electron chi connectivity index (χ2n) is 6.10. The average Bonchev–Trinajstić information content (AvgIpc) is 3.20. The van der Waals surface area contributed by atoms with Gasteiger partial charge in [-0.15, -0.1) is 11.3 Å². The number of rotatable bonds is 3. The molecule has 2 aromatic heterocycles. The Morgan fingerprint density at radius 2 is 2.29 bits per heavy atom. The van der Waals surface area contributed by atoms with E-state index in [1.165, 1.54) is 22.6 Å². The number of hydrogen-bond acceptors (Lipinski definition) is 3. The Bertz CT molecular complexity index is 901. The molecule has 2 heterocycles. The van der Waals surface area contributed by atoms with Gasteiger partial charge < -0.3 is 4.90 Å². The van der Waals surface area contributed by atoms with Crippen LogP contribution in [0.5, 0.6) is 0 Å². The number of benzene rings is 1. The number of H-pyrrole nitrogens is 1. The van der Waals surface area contributed by atoms with Crippen molar-refractivity contribution in [3.8, 4) is 0 Å². The SMILES string of the molecule is CCN(C(=O)c1sc2ccccc2c1Cl)C1CCc2[nH]ncc2C1. The molecule has 0 bridgehead atoms. The van der Waals surface area contributed by atoms with Gasteiger partial charge >= 0.3 is 0 Å². The van der Waals surface area contributed by atoms with Gasteiger partial charge in [0, 0.05) is 28.4 Å². The maximum atomic E-state index is 13.1. The van der Waals surface area contributed by atoms with E-state index in [0.717, 1.165) is 29.3 Å². The largest absolute Gasteiger partial charge is 0.335 e. The minimum atomic E-state index is 0.0423. The number of thiophene rings is 1. The summed E-state index contributed by atoms with van der Waals surface area (Å²) in [4.78, 5) is 15.8. The van der Waals surface area contributed by atoms with Gasteiger partial charge in [-0.25, -0.2) is 0 Å². The first kappa shape index (κ1) is 15.7. The van der Waals surface area contributed by atoms with Gasteiger partial charge in [-0.1, -0.05) is 29.8 Å². The summed E-state index contributed by atoms with van der Waals surface area (Å²) in [6.07, 6.45) is 4.63.